The largest absolute Gasteiger partial charge is 0.478 e. The SMILES string of the molecule is Cc1ccc(C(=O)O)c(NCc2cnn(C)c2C)n1. The van der Waals surface area contributed by atoms with E-state index in [9.17, 15) is 4.79 Å². The number of nitrogens with zero attached hydrogens (tertiary/aromatic N) is 3. The van der Waals surface area contributed by atoms with Gasteiger partial charge in [0.2, 0.25) is 0 Å². The van der Waals surface area contributed by atoms with E-state index in [0.717, 1.165) is 17.0 Å². The summed E-state index contributed by atoms with van der Waals surface area (Å²) in [6.45, 7) is 4.29. The van der Waals surface area contributed by atoms with Crippen molar-refractivity contribution >= 4 is 11.8 Å². The quantitative estimate of drug-likeness (QED) is 0.875. The maximum Gasteiger partial charge on any atom is 0.339 e. The first-order chi connectivity index (χ1) is 8.99. The zero-order valence-corrected chi connectivity index (χ0v) is 11.1. The summed E-state index contributed by atoms with van der Waals surface area (Å²) in [6.07, 6.45) is 1.76. The summed E-state index contributed by atoms with van der Waals surface area (Å²) < 4.78 is 1.78. The molecule has 0 aliphatic carbocycles. The van der Waals surface area contributed by atoms with Crippen LogP contribution in [0.25, 0.3) is 0 Å². The molecule has 2 N–H and O–H groups in total. The van der Waals surface area contributed by atoms with Crippen molar-refractivity contribution in [2.24, 2.45) is 7.05 Å². The highest BCUT2D eigenvalue weighted by Crippen LogP contribution is 2.15. The molecule has 0 bridgehead atoms. The molecule has 0 fully saturated rings. The Morgan fingerprint density at radius 2 is 2.16 bits per heavy atom. The Hall–Kier alpha value is -2.37. The lowest BCUT2D eigenvalue weighted by Crippen LogP contribution is -2.09. The smallest absolute Gasteiger partial charge is 0.339 e. The third kappa shape index (κ3) is 2.73. The van der Waals surface area contributed by atoms with Crippen LogP contribution in [0.5, 0.6) is 0 Å². The Labute approximate surface area is 111 Å². The van der Waals surface area contributed by atoms with Crippen molar-refractivity contribution < 1.29 is 9.90 Å². The molecule has 100 valence electrons. The number of hydrogen-bond donors (Lipinski definition) is 2. The Morgan fingerprint density at radius 3 is 2.74 bits per heavy atom. The lowest BCUT2D eigenvalue weighted by Gasteiger charge is -2.09. The maximum absolute atomic E-state index is 11.1. The molecule has 0 aliphatic heterocycles. The minimum atomic E-state index is -0.988. The molecule has 2 aromatic rings. The first kappa shape index (κ1) is 13.1. The van der Waals surface area contributed by atoms with Gasteiger partial charge in [-0.1, -0.05) is 0 Å². The molecule has 2 rings (SSSR count). The van der Waals surface area contributed by atoms with Crippen molar-refractivity contribution in [2.75, 3.05) is 5.32 Å². The van der Waals surface area contributed by atoms with Crippen LogP contribution in [-0.4, -0.2) is 25.8 Å². The number of carboxylic acid groups (broad SMARTS) is 1. The van der Waals surface area contributed by atoms with Crippen LogP contribution in [0.3, 0.4) is 0 Å². The number of carboxylic acids is 1. The Bertz CT molecular complexity index is 619. The van der Waals surface area contributed by atoms with E-state index in [2.05, 4.69) is 15.4 Å². The molecule has 6 heteroatoms. The minimum Gasteiger partial charge on any atom is -0.478 e. The number of carbonyl (C=O) groups is 1. The Kier molecular flexibility index (Phi) is 3.50. The molecule has 0 atom stereocenters. The van der Waals surface area contributed by atoms with Gasteiger partial charge in [-0.2, -0.15) is 5.10 Å². The standard InChI is InChI=1S/C13H16N4O2/c1-8-4-5-11(13(18)19)12(16-8)14-6-10-7-15-17(3)9(10)2/h4-5,7H,6H2,1-3H3,(H,14,16)(H,18,19). The van der Waals surface area contributed by atoms with E-state index in [-0.39, 0.29) is 5.56 Å². The van der Waals surface area contributed by atoms with Gasteiger partial charge in [-0.05, 0) is 26.0 Å². The van der Waals surface area contributed by atoms with E-state index in [4.69, 9.17) is 5.11 Å². The number of anilines is 1. The van der Waals surface area contributed by atoms with Crippen LogP contribution in [0.15, 0.2) is 18.3 Å². The van der Waals surface area contributed by atoms with Crippen LogP contribution < -0.4 is 5.32 Å². The molecule has 0 saturated carbocycles. The third-order valence-electron chi connectivity index (χ3n) is 3.05. The number of rotatable bonds is 4. The molecule has 2 aromatic heterocycles. The third-order valence-corrected chi connectivity index (χ3v) is 3.05. The molecule has 0 radical (unpaired) electrons. The maximum atomic E-state index is 11.1. The summed E-state index contributed by atoms with van der Waals surface area (Å²) in [4.78, 5) is 15.3. The van der Waals surface area contributed by atoms with Gasteiger partial charge in [0.05, 0.1) is 6.20 Å². The summed E-state index contributed by atoms with van der Waals surface area (Å²) in [5.41, 5.74) is 3.00. The minimum absolute atomic E-state index is 0.173. The van der Waals surface area contributed by atoms with E-state index < -0.39 is 5.97 Å². The Balaban J connectivity index is 2.21. The summed E-state index contributed by atoms with van der Waals surface area (Å²) in [5, 5.41) is 16.3. The number of aromatic nitrogens is 3. The van der Waals surface area contributed by atoms with E-state index in [1.807, 2.05) is 20.9 Å². The van der Waals surface area contributed by atoms with E-state index in [1.54, 1.807) is 23.0 Å². The van der Waals surface area contributed by atoms with Gasteiger partial charge in [-0.3, -0.25) is 4.68 Å². The molecule has 0 unspecified atom stereocenters. The molecule has 19 heavy (non-hydrogen) atoms. The van der Waals surface area contributed by atoms with Crippen LogP contribution in [0.1, 0.15) is 27.3 Å². The fourth-order valence-electron chi connectivity index (χ4n) is 1.76. The van der Waals surface area contributed by atoms with Crippen molar-refractivity contribution in [3.05, 3.63) is 40.8 Å². The topological polar surface area (TPSA) is 80.0 Å². The predicted octanol–water partition coefficient (Wildman–Crippen LogP) is 1.74. The number of aryl methyl sites for hydroxylation is 2. The average Bonchev–Trinajstić information content (AvgIpc) is 2.67. The monoisotopic (exact) mass is 260 g/mol. The Morgan fingerprint density at radius 1 is 1.42 bits per heavy atom. The van der Waals surface area contributed by atoms with Crippen LogP contribution >= 0.6 is 0 Å². The number of hydrogen-bond acceptors (Lipinski definition) is 4. The number of aromatic carboxylic acids is 1. The summed E-state index contributed by atoms with van der Waals surface area (Å²) in [5.74, 6) is -0.603. The van der Waals surface area contributed by atoms with Gasteiger partial charge in [-0.15, -0.1) is 0 Å². The second kappa shape index (κ2) is 5.09. The second-order valence-electron chi connectivity index (χ2n) is 4.39. The van der Waals surface area contributed by atoms with Crippen LogP contribution in [0.4, 0.5) is 5.82 Å². The van der Waals surface area contributed by atoms with Crippen molar-refractivity contribution in [3.63, 3.8) is 0 Å². The first-order valence-electron chi connectivity index (χ1n) is 5.91. The van der Waals surface area contributed by atoms with Crippen molar-refractivity contribution in [1.29, 1.82) is 0 Å². The normalized spacial score (nSPS) is 10.5. The molecule has 0 aliphatic rings. The molecular weight excluding hydrogens is 244 g/mol. The highest BCUT2D eigenvalue weighted by Gasteiger charge is 2.12. The fraction of sp³-hybridized carbons (Fsp3) is 0.308. The van der Waals surface area contributed by atoms with Gasteiger partial charge in [0, 0.05) is 30.5 Å². The van der Waals surface area contributed by atoms with Crippen molar-refractivity contribution in [3.8, 4) is 0 Å². The molecular formula is C13H16N4O2. The highest BCUT2D eigenvalue weighted by molar-refractivity contribution is 5.93. The first-order valence-corrected chi connectivity index (χ1v) is 5.91. The van der Waals surface area contributed by atoms with E-state index >= 15 is 0 Å². The molecule has 0 saturated heterocycles. The van der Waals surface area contributed by atoms with Crippen LogP contribution in [0.2, 0.25) is 0 Å². The van der Waals surface area contributed by atoms with E-state index in [1.165, 1.54) is 0 Å². The molecule has 0 spiro atoms. The molecule has 2 heterocycles. The van der Waals surface area contributed by atoms with Gasteiger partial charge < -0.3 is 10.4 Å². The summed E-state index contributed by atoms with van der Waals surface area (Å²) >= 11 is 0. The molecule has 0 aromatic carbocycles. The van der Waals surface area contributed by atoms with Gasteiger partial charge in [-0.25, -0.2) is 9.78 Å². The fourth-order valence-corrected chi connectivity index (χ4v) is 1.76. The van der Waals surface area contributed by atoms with Crippen LogP contribution in [-0.2, 0) is 13.6 Å². The van der Waals surface area contributed by atoms with Gasteiger partial charge in [0.25, 0.3) is 0 Å². The van der Waals surface area contributed by atoms with E-state index in [0.29, 0.717) is 12.4 Å². The van der Waals surface area contributed by atoms with Crippen molar-refractivity contribution in [1.82, 2.24) is 14.8 Å². The van der Waals surface area contributed by atoms with Crippen molar-refractivity contribution in [2.45, 2.75) is 20.4 Å². The molecule has 0 amide bonds. The highest BCUT2D eigenvalue weighted by atomic mass is 16.4. The second-order valence-corrected chi connectivity index (χ2v) is 4.39. The summed E-state index contributed by atoms with van der Waals surface area (Å²) in [7, 11) is 1.87. The number of pyridine rings is 1. The van der Waals surface area contributed by atoms with Gasteiger partial charge in [0.1, 0.15) is 11.4 Å². The van der Waals surface area contributed by atoms with Crippen LogP contribution in [0, 0.1) is 13.8 Å². The number of nitrogens with one attached hydrogen (secondary N) is 1. The average molecular weight is 260 g/mol. The summed E-state index contributed by atoms with van der Waals surface area (Å²) in [6, 6.07) is 3.24. The van der Waals surface area contributed by atoms with Gasteiger partial charge in [0.15, 0.2) is 0 Å². The van der Waals surface area contributed by atoms with Gasteiger partial charge >= 0.3 is 5.97 Å². The molecule has 6 nitrogen and oxygen atoms in total. The lowest BCUT2D eigenvalue weighted by molar-refractivity contribution is 0.0697. The zero-order chi connectivity index (χ0) is 14.0. The lowest BCUT2D eigenvalue weighted by atomic mass is 10.2. The zero-order valence-electron chi connectivity index (χ0n) is 11.1. The predicted molar refractivity (Wildman–Crippen MR) is 71.2 cm³/mol.